The van der Waals surface area contributed by atoms with Crippen molar-refractivity contribution in [1.82, 2.24) is 9.80 Å². The van der Waals surface area contributed by atoms with Crippen LogP contribution in [0.3, 0.4) is 0 Å². The van der Waals surface area contributed by atoms with E-state index in [4.69, 9.17) is 14.2 Å². The zero-order valence-corrected chi connectivity index (χ0v) is 20.3. The van der Waals surface area contributed by atoms with Gasteiger partial charge in [-0.25, -0.2) is 0 Å². The number of rotatable bonds is 10. The second-order valence-electron chi connectivity index (χ2n) is 8.22. The minimum absolute atomic E-state index is 0.0474. The Balaban J connectivity index is 2.12. The molecule has 8 nitrogen and oxygen atoms in total. The molecule has 182 valence electrons. The smallest absolute Gasteiger partial charge is 0.295 e. The number of hydrogen-bond donors (Lipinski definition) is 1. The molecular weight excluding hydrogens is 436 g/mol. The highest BCUT2D eigenvalue weighted by molar-refractivity contribution is 6.46. The van der Waals surface area contributed by atoms with Gasteiger partial charge < -0.3 is 29.1 Å². The minimum Gasteiger partial charge on any atom is -0.507 e. The van der Waals surface area contributed by atoms with Crippen LogP contribution in [0.2, 0.25) is 0 Å². The third-order valence-electron chi connectivity index (χ3n) is 5.71. The molecular formula is C26H32N2O6. The maximum atomic E-state index is 13.2. The summed E-state index contributed by atoms with van der Waals surface area (Å²) in [5.41, 5.74) is 1.13. The van der Waals surface area contributed by atoms with E-state index in [2.05, 4.69) is 0 Å². The molecule has 1 aliphatic heterocycles. The number of ketones is 1. The third-order valence-corrected chi connectivity index (χ3v) is 5.71. The number of carbonyl (C=O) groups is 2. The number of carbonyl (C=O) groups excluding carboxylic acids is 2. The first-order valence-electron chi connectivity index (χ1n) is 11.2. The van der Waals surface area contributed by atoms with Crippen molar-refractivity contribution in [2.75, 3.05) is 48.0 Å². The molecule has 0 aliphatic carbocycles. The zero-order chi connectivity index (χ0) is 24.8. The van der Waals surface area contributed by atoms with Crippen molar-refractivity contribution < 1.29 is 28.9 Å². The summed E-state index contributed by atoms with van der Waals surface area (Å²) in [5.74, 6) is 0.0984. The number of hydrogen-bond acceptors (Lipinski definition) is 7. The molecule has 0 saturated carbocycles. The molecule has 1 heterocycles. The molecule has 2 aromatic rings. The van der Waals surface area contributed by atoms with Gasteiger partial charge in [-0.05, 0) is 75.9 Å². The SMILES string of the molecule is CCOc1ccc([C@@H]2/C(=C(\O)c3ccc(OC)cc3)C(=O)C(=O)N2CCCN(C)C)cc1OC. The number of amides is 1. The van der Waals surface area contributed by atoms with E-state index in [1.807, 2.05) is 25.9 Å². The minimum atomic E-state index is -0.756. The van der Waals surface area contributed by atoms with Crippen molar-refractivity contribution in [3.8, 4) is 17.2 Å². The van der Waals surface area contributed by atoms with Gasteiger partial charge in [-0.15, -0.1) is 0 Å². The van der Waals surface area contributed by atoms with Crippen LogP contribution in [0.4, 0.5) is 0 Å². The fraction of sp³-hybridized carbons (Fsp3) is 0.385. The number of aliphatic hydroxyl groups excluding tert-OH is 1. The predicted molar refractivity (Wildman–Crippen MR) is 129 cm³/mol. The Morgan fingerprint density at radius 1 is 1.03 bits per heavy atom. The number of Topliss-reactive ketones (excluding diaryl/α,β-unsaturated/α-hetero) is 1. The van der Waals surface area contributed by atoms with Crippen LogP contribution in [0.1, 0.15) is 30.5 Å². The van der Waals surface area contributed by atoms with Gasteiger partial charge in [0.1, 0.15) is 11.5 Å². The molecule has 1 fully saturated rings. The highest BCUT2D eigenvalue weighted by Gasteiger charge is 2.46. The molecule has 1 atom stereocenters. The van der Waals surface area contributed by atoms with E-state index in [1.165, 1.54) is 12.0 Å². The lowest BCUT2D eigenvalue weighted by atomic mass is 9.95. The van der Waals surface area contributed by atoms with Crippen LogP contribution >= 0.6 is 0 Å². The molecule has 0 aromatic heterocycles. The van der Waals surface area contributed by atoms with Gasteiger partial charge in [0.15, 0.2) is 11.5 Å². The molecule has 1 N–H and O–H groups in total. The summed E-state index contributed by atoms with van der Waals surface area (Å²) >= 11 is 0. The topological polar surface area (TPSA) is 88.5 Å². The summed E-state index contributed by atoms with van der Waals surface area (Å²) in [6, 6.07) is 11.2. The van der Waals surface area contributed by atoms with Crippen molar-refractivity contribution >= 4 is 17.4 Å². The lowest BCUT2D eigenvalue weighted by molar-refractivity contribution is -0.139. The molecule has 1 aliphatic rings. The summed E-state index contributed by atoms with van der Waals surface area (Å²) in [4.78, 5) is 29.8. The lowest BCUT2D eigenvalue weighted by Crippen LogP contribution is -2.32. The Labute approximate surface area is 200 Å². The van der Waals surface area contributed by atoms with Gasteiger partial charge >= 0.3 is 0 Å². The summed E-state index contributed by atoms with van der Waals surface area (Å²) in [6.45, 7) is 3.46. The molecule has 0 spiro atoms. The quantitative estimate of drug-likeness (QED) is 0.324. The molecule has 0 bridgehead atoms. The van der Waals surface area contributed by atoms with Gasteiger partial charge in [0.2, 0.25) is 0 Å². The Morgan fingerprint density at radius 2 is 1.74 bits per heavy atom. The maximum Gasteiger partial charge on any atom is 0.295 e. The van der Waals surface area contributed by atoms with E-state index in [9.17, 15) is 14.7 Å². The van der Waals surface area contributed by atoms with Gasteiger partial charge in [0, 0.05) is 12.1 Å². The molecule has 34 heavy (non-hydrogen) atoms. The van der Waals surface area contributed by atoms with Gasteiger partial charge in [0.05, 0.1) is 32.4 Å². The van der Waals surface area contributed by atoms with Crippen molar-refractivity contribution in [3.05, 3.63) is 59.2 Å². The van der Waals surface area contributed by atoms with E-state index < -0.39 is 17.7 Å². The first-order chi connectivity index (χ1) is 16.3. The molecule has 2 aromatic carbocycles. The van der Waals surface area contributed by atoms with Gasteiger partial charge in [-0.3, -0.25) is 9.59 Å². The van der Waals surface area contributed by atoms with Gasteiger partial charge in [0.25, 0.3) is 11.7 Å². The predicted octanol–water partition coefficient (Wildman–Crippen LogP) is 3.48. The van der Waals surface area contributed by atoms with Crippen molar-refractivity contribution in [1.29, 1.82) is 0 Å². The van der Waals surface area contributed by atoms with Crippen LogP contribution < -0.4 is 14.2 Å². The van der Waals surface area contributed by atoms with Crippen LogP contribution in [0.5, 0.6) is 17.2 Å². The highest BCUT2D eigenvalue weighted by atomic mass is 16.5. The highest BCUT2D eigenvalue weighted by Crippen LogP contribution is 2.42. The first-order valence-corrected chi connectivity index (χ1v) is 11.2. The number of benzene rings is 2. The fourth-order valence-corrected chi connectivity index (χ4v) is 4.05. The number of nitrogens with zero attached hydrogens (tertiary/aromatic N) is 2. The molecule has 1 saturated heterocycles. The van der Waals surface area contributed by atoms with E-state index in [1.54, 1.807) is 49.6 Å². The molecule has 0 unspecified atom stereocenters. The van der Waals surface area contributed by atoms with Crippen LogP contribution in [0, 0.1) is 0 Å². The zero-order valence-electron chi connectivity index (χ0n) is 20.3. The van der Waals surface area contributed by atoms with Crippen molar-refractivity contribution in [2.24, 2.45) is 0 Å². The van der Waals surface area contributed by atoms with Gasteiger partial charge in [-0.1, -0.05) is 6.07 Å². The molecule has 0 radical (unpaired) electrons. The third kappa shape index (κ3) is 5.17. The summed E-state index contributed by atoms with van der Waals surface area (Å²) in [5, 5.41) is 11.2. The van der Waals surface area contributed by atoms with Crippen LogP contribution in [0.25, 0.3) is 5.76 Å². The fourth-order valence-electron chi connectivity index (χ4n) is 4.05. The Bertz CT molecular complexity index is 1060. The molecule has 1 amide bonds. The Kier molecular flexibility index (Phi) is 8.17. The second kappa shape index (κ2) is 11.1. The number of ether oxygens (including phenoxy) is 3. The Morgan fingerprint density at radius 3 is 2.32 bits per heavy atom. The van der Waals surface area contributed by atoms with Crippen molar-refractivity contribution in [2.45, 2.75) is 19.4 Å². The first kappa shape index (κ1) is 25.1. The second-order valence-corrected chi connectivity index (χ2v) is 8.22. The van der Waals surface area contributed by atoms with E-state index in [0.717, 1.165) is 6.54 Å². The number of likely N-dealkylation sites (tertiary alicyclic amines) is 1. The van der Waals surface area contributed by atoms with Crippen LogP contribution in [0.15, 0.2) is 48.0 Å². The van der Waals surface area contributed by atoms with E-state index in [-0.39, 0.29) is 11.3 Å². The van der Waals surface area contributed by atoms with Crippen LogP contribution in [-0.2, 0) is 9.59 Å². The van der Waals surface area contributed by atoms with E-state index >= 15 is 0 Å². The standard InChI is InChI=1S/C26H32N2O6/c1-6-34-20-13-10-18(16-21(20)33-5)23-22(24(29)17-8-11-19(32-4)12-9-17)25(30)26(31)28(23)15-7-14-27(2)3/h8-13,16,23,29H,6-7,14-15H2,1-5H3/b24-22+/t23-/m1/s1. The maximum absolute atomic E-state index is 13.2. The summed E-state index contributed by atoms with van der Waals surface area (Å²) in [6.07, 6.45) is 0.674. The largest absolute Gasteiger partial charge is 0.507 e. The Hall–Kier alpha value is -3.52. The number of methoxy groups -OCH3 is 2. The molecule has 8 heteroatoms. The summed E-state index contributed by atoms with van der Waals surface area (Å²) in [7, 11) is 6.99. The van der Waals surface area contributed by atoms with E-state index in [0.29, 0.717) is 47.9 Å². The van der Waals surface area contributed by atoms with Gasteiger partial charge in [-0.2, -0.15) is 0 Å². The van der Waals surface area contributed by atoms with Crippen LogP contribution in [-0.4, -0.2) is 74.6 Å². The summed E-state index contributed by atoms with van der Waals surface area (Å²) < 4.78 is 16.3. The lowest BCUT2D eigenvalue weighted by Gasteiger charge is -2.26. The monoisotopic (exact) mass is 468 g/mol. The number of aliphatic hydroxyl groups is 1. The normalized spacial score (nSPS) is 17.4. The average Bonchev–Trinajstić information content (AvgIpc) is 3.09. The van der Waals surface area contributed by atoms with Crippen molar-refractivity contribution in [3.63, 3.8) is 0 Å². The average molecular weight is 469 g/mol. The molecule has 3 rings (SSSR count).